The molecule has 1 atom stereocenters. The average molecular weight is 259 g/mol. The lowest BCUT2D eigenvalue weighted by Crippen LogP contribution is -2.32. The number of halogens is 1. The standard InChI is InChI=1S/C11H15ClN2O3/c1-6(11(13)15)14-8-5-9(16-2)7(12)4-10(8)17-3/h4-6,14H,1-3H3,(H2,13,15). The zero-order valence-electron chi connectivity index (χ0n) is 9.91. The first kappa shape index (κ1) is 13.4. The molecule has 5 nitrogen and oxygen atoms in total. The van der Waals surface area contributed by atoms with Gasteiger partial charge in [0, 0.05) is 12.1 Å². The number of ether oxygens (including phenoxy) is 2. The van der Waals surface area contributed by atoms with Crippen LogP contribution in [-0.2, 0) is 4.79 Å². The molecule has 1 unspecified atom stereocenters. The number of anilines is 1. The molecule has 1 rings (SSSR count). The Morgan fingerprint density at radius 1 is 1.35 bits per heavy atom. The largest absolute Gasteiger partial charge is 0.495 e. The predicted octanol–water partition coefficient (Wildman–Crippen LogP) is 1.64. The first-order chi connectivity index (χ1) is 7.99. The quantitative estimate of drug-likeness (QED) is 0.842. The number of hydrogen-bond donors (Lipinski definition) is 2. The topological polar surface area (TPSA) is 73.6 Å². The van der Waals surface area contributed by atoms with Crippen molar-refractivity contribution in [2.45, 2.75) is 13.0 Å². The van der Waals surface area contributed by atoms with Gasteiger partial charge < -0.3 is 20.5 Å². The maximum Gasteiger partial charge on any atom is 0.239 e. The molecule has 3 N–H and O–H groups in total. The molecule has 1 aromatic rings. The number of amides is 1. The van der Waals surface area contributed by atoms with Crippen LogP contribution < -0.4 is 20.5 Å². The molecule has 0 heterocycles. The van der Waals surface area contributed by atoms with Crippen LogP contribution in [0.4, 0.5) is 5.69 Å². The minimum absolute atomic E-state index is 0.432. The summed E-state index contributed by atoms with van der Waals surface area (Å²) in [6.45, 7) is 1.66. The van der Waals surface area contributed by atoms with Crippen LogP contribution >= 0.6 is 11.6 Å². The first-order valence-corrected chi connectivity index (χ1v) is 5.34. The second kappa shape index (κ2) is 5.63. The van der Waals surface area contributed by atoms with Gasteiger partial charge in [-0.15, -0.1) is 0 Å². The Kier molecular flexibility index (Phi) is 4.45. The smallest absolute Gasteiger partial charge is 0.239 e. The van der Waals surface area contributed by atoms with Crippen molar-refractivity contribution in [3.8, 4) is 11.5 Å². The van der Waals surface area contributed by atoms with E-state index in [2.05, 4.69) is 5.32 Å². The summed E-state index contributed by atoms with van der Waals surface area (Å²) in [7, 11) is 3.02. The number of carbonyl (C=O) groups is 1. The van der Waals surface area contributed by atoms with Crippen LogP contribution in [0.3, 0.4) is 0 Å². The van der Waals surface area contributed by atoms with Gasteiger partial charge in [-0.05, 0) is 6.92 Å². The SMILES string of the molecule is COc1cc(NC(C)C(N)=O)c(OC)cc1Cl. The average Bonchev–Trinajstić information content (AvgIpc) is 2.30. The minimum atomic E-state index is -0.519. The molecule has 1 amide bonds. The molecule has 94 valence electrons. The van der Waals surface area contributed by atoms with Gasteiger partial charge in [0.15, 0.2) is 0 Å². The zero-order valence-corrected chi connectivity index (χ0v) is 10.7. The molecule has 0 aromatic heterocycles. The Bertz CT molecular complexity index is 423. The molecule has 0 radical (unpaired) electrons. The Hall–Kier alpha value is -1.62. The van der Waals surface area contributed by atoms with Crippen molar-refractivity contribution in [3.63, 3.8) is 0 Å². The van der Waals surface area contributed by atoms with E-state index in [1.54, 1.807) is 19.1 Å². The van der Waals surface area contributed by atoms with Crippen LogP contribution in [0.25, 0.3) is 0 Å². The fourth-order valence-electron chi connectivity index (χ4n) is 1.28. The molecule has 0 saturated heterocycles. The Morgan fingerprint density at radius 3 is 2.41 bits per heavy atom. The summed E-state index contributed by atoms with van der Waals surface area (Å²) in [6, 6.07) is 2.74. The van der Waals surface area contributed by atoms with Crippen LogP contribution in [0.1, 0.15) is 6.92 Å². The number of nitrogens with two attached hydrogens (primary N) is 1. The van der Waals surface area contributed by atoms with E-state index in [0.717, 1.165) is 0 Å². The number of primary amides is 1. The first-order valence-electron chi connectivity index (χ1n) is 4.97. The van der Waals surface area contributed by atoms with Gasteiger partial charge in [-0.1, -0.05) is 11.6 Å². The van der Waals surface area contributed by atoms with Gasteiger partial charge in [-0.3, -0.25) is 4.79 Å². The maximum atomic E-state index is 11.0. The molecule has 0 bridgehead atoms. The van der Waals surface area contributed by atoms with Crippen molar-refractivity contribution in [1.82, 2.24) is 0 Å². The third-order valence-electron chi connectivity index (χ3n) is 2.27. The van der Waals surface area contributed by atoms with Crippen LogP contribution in [-0.4, -0.2) is 26.2 Å². The third-order valence-corrected chi connectivity index (χ3v) is 2.57. The van der Waals surface area contributed by atoms with E-state index in [4.69, 9.17) is 26.8 Å². The van der Waals surface area contributed by atoms with Crippen molar-refractivity contribution in [1.29, 1.82) is 0 Å². The molecule has 1 aromatic carbocycles. The number of carbonyl (C=O) groups excluding carboxylic acids is 1. The molecule has 0 spiro atoms. The number of nitrogens with one attached hydrogen (secondary N) is 1. The number of hydrogen-bond acceptors (Lipinski definition) is 4. The highest BCUT2D eigenvalue weighted by Crippen LogP contribution is 2.36. The van der Waals surface area contributed by atoms with Crippen LogP contribution in [0.2, 0.25) is 5.02 Å². The normalized spacial score (nSPS) is 11.8. The lowest BCUT2D eigenvalue weighted by molar-refractivity contribution is -0.118. The van der Waals surface area contributed by atoms with Gasteiger partial charge in [0.2, 0.25) is 5.91 Å². The third kappa shape index (κ3) is 3.17. The zero-order chi connectivity index (χ0) is 13.0. The Balaban J connectivity index is 3.08. The van der Waals surface area contributed by atoms with E-state index in [9.17, 15) is 4.79 Å². The molecule has 0 saturated carbocycles. The van der Waals surface area contributed by atoms with Gasteiger partial charge in [0.1, 0.15) is 17.5 Å². The van der Waals surface area contributed by atoms with Crippen LogP contribution in [0.15, 0.2) is 12.1 Å². The van der Waals surface area contributed by atoms with Gasteiger partial charge in [-0.2, -0.15) is 0 Å². The van der Waals surface area contributed by atoms with Crippen molar-refractivity contribution in [3.05, 3.63) is 17.2 Å². The monoisotopic (exact) mass is 258 g/mol. The number of rotatable bonds is 5. The second-order valence-corrected chi connectivity index (χ2v) is 3.86. The van der Waals surface area contributed by atoms with E-state index >= 15 is 0 Å². The summed E-state index contributed by atoms with van der Waals surface area (Å²) in [4.78, 5) is 11.0. The summed E-state index contributed by atoms with van der Waals surface area (Å²) in [6.07, 6.45) is 0. The molecule has 0 aliphatic rings. The van der Waals surface area contributed by atoms with Crippen molar-refractivity contribution in [2.24, 2.45) is 5.73 Å². The fourth-order valence-corrected chi connectivity index (χ4v) is 1.51. The molecular formula is C11H15ClN2O3. The van der Waals surface area contributed by atoms with Crippen LogP contribution in [0.5, 0.6) is 11.5 Å². The lowest BCUT2D eigenvalue weighted by atomic mass is 10.2. The lowest BCUT2D eigenvalue weighted by Gasteiger charge is -2.16. The van der Waals surface area contributed by atoms with E-state index < -0.39 is 11.9 Å². The van der Waals surface area contributed by atoms with Crippen molar-refractivity contribution >= 4 is 23.2 Å². The van der Waals surface area contributed by atoms with E-state index in [1.165, 1.54) is 14.2 Å². The van der Waals surface area contributed by atoms with Gasteiger partial charge in [-0.25, -0.2) is 0 Å². The Morgan fingerprint density at radius 2 is 1.94 bits per heavy atom. The summed E-state index contributed by atoms with van der Waals surface area (Å²) in [5.74, 6) is 0.552. The minimum Gasteiger partial charge on any atom is -0.495 e. The van der Waals surface area contributed by atoms with Crippen LogP contribution in [0, 0.1) is 0 Å². The highest BCUT2D eigenvalue weighted by molar-refractivity contribution is 6.32. The predicted molar refractivity (Wildman–Crippen MR) is 66.8 cm³/mol. The van der Waals surface area contributed by atoms with Crippen molar-refractivity contribution in [2.75, 3.05) is 19.5 Å². The van der Waals surface area contributed by atoms with E-state index in [-0.39, 0.29) is 0 Å². The fraction of sp³-hybridized carbons (Fsp3) is 0.364. The molecular weight excluding hydrogens is 244 g/mol. The molecule has 0 aliphatic carbocycles. The summed E-state index contributed by atoms with van der Waals surface area (Å²) < 4.78 is 10.2. The summed E-state index contributed by atoms with van der Waals surface area (Å²) in [5, 5.41) is 3.36. The molecule has 6 heteroatoms. The maximum absolute atomic E-state index is 11.0. The van der Waals surface area contributed by atoms with Gasteiger partial charge in [0.05, 0.1) is 24.9 Å². The number of methoxy groups -OCH3 is 2. The van der Waals surface area contributed by atoms with Gasteiger partial charge in [0.25, 0.3) is 0 Å². The number of benzene rings is 1. The molecule has 0 fully saturated rings. The van der Waals surface area contributed by atoms with E-state index in [1.807, 2.05) is 0 Å². The summed E-state index contributed by atoms with van der Waals surface area (Å²) >= 11 is 5.95. The highest BCUT2D eigenvalue weighted by Gasteiger charge is 2.14. The molecule has 0 aliphatic heterocycles. The summed E-state index contributed by atoms with van der Waals surface area (Å²) in [5.41, 5.74) is 5.77. The molecule has 17 heavy (non-hydrogen) atoms. The highest BCUT2D eigenvalue weighted by atomic mass is 35.5. The van der Waals surface area contributed by atoms with E-state index in [0.29, 0.717) is 22.2 Å². The Labute approximate surface area is 105 Å². The second-order valence-electron chi connectivity index (χ2n) is 3.46. The van der Waals surface area contributed by atoms with Gasteiger partial charge >= 0.3 is 0 Å². The van der Waals surface area contributed by atoms with Crippen molar-refractivity contribution < 1.29 is 14.3 Å².